The fourth-order valence-electron chi connectivity index (χ4n) is 3.45. The zero-order chi connectivity index (χ0) is 22.1. The SMILES string of the molecule is CCOc1ccc(CCC(=O)NCC(=O)c2ccc(N3CCOCC3)cc2)cc1OC. The molecule has 0 aliphatic carbocycles. The number of hydrogen-bond acceptors (Lipinski definition) is 6. The van der Waals surface area contributed by atoms with Gasteiger partial charge in [0, 0.05) is 30.8 Å². The summed E-state index contributed by atoms with van der Waals surface area (Å²) in [4.78, 5) is 26.8. The number of nitrogens with zero attached hydrogens (tertiary/aromatic N) is 1. The smallest absolute Gasteiger partial charge is 0.220 e. The van der Waals surface area contributed by atoms with Gasteiger partial charge in [-0.15, -0.1) is 0 Å². The zero-order valence-electron chi connectivity index (χ0n) is 18.2. The second-order valence-electron chi connectivity index (χ2n) is 7.26. The maximum absolute atomic E-state index is 12.4. The molecule has 0 atom stereocenters. The Bertz CT molecular complexity index is 876. The van der Waals surface area contributed by atoms with E-state index in [2.05, 4.69) is 10.2 Å². The second-order valence-corrected chi connectivity index (χ2v) is 7.26. The summed E-state index contributed by atoms with van der Waals surface area (Å²) in [6.07, 6.45) is 0.845. The summed E-state index contributed by atoms with van der Waals surface area (Å²) in [6.45, 7) is 5.60. The lowest BCUT2D eigenvalue weighted by Gasteiger charge is -2.28. The summed E-state index contributed by atoms with van der Waals surface area (Å²) in [5, 5.41) is 2.72. The fourth-order valence-corrected chi connectivity index (χ4v) is 3.45. The quantitative estimate of drug-likeness (QED) is 0.589. The number of amides is 1. The van der Waals surface area contributed by atoms with Crippen molar-refractivity contribution in [1.82, 2.24) is 5.32 Å². The van der Waals surface area contributed by atoms with Crippen molar-refractivity contribution in [1.29, 1.82) is 0 Å². The summed E-state index contributed by atoms with van der Waals surface area (Å²) in [5.41, 5.74) is 2.64. The molecule has 31 heavy (non-hydrogen) atoms. The first-order valence-corrected chi connectivity index (χ1v) is 10.6. The molecule has 3 rings (SSSR count). The van der Waals surface area contributed by atoms with Crippen molar-refractivity contribution in [3.63, 3.8) is 0 Å². The topological polar surface area (TPSA) is 77.1 Å². The first kappa shape index (κ1) is 22.6. The normalized spacial score (nSPS) is 13.5. The fraction of sp³-hybridized carbons (Fsp3) is 0.417. The van der Waals surface area contributed by atoms with Crippen molar-refractivity contribution in [2.24, 2.45) is 0 Å². The van der Waals surface area contributed by atoms with Gasteiger partial charge in [-0.25, -0.2) is 0 Å². The van der Waals surface area contributed by atoms with Crippen LogP contribution in [0.1, 0.15) is 29.3 Å². The average molecular weight is 427 g/mol. The number of nitrogens with one attached hydrogen (secondary N) is 1. The van der Waals surface area contributed by atoms with Crippen molar-refractivity contribution in [2.75, 3.05) is 51.5 Å². The third kappa shape index (κ3) is 6.46. The first-order valence-electron chi connectivity index (χ1n) is 10.6. The molecule has 0 bridgehead atoms. The van der Waals surface area contributed by atoms with Gasteiger partial charge < -0.3 is 24.4 Å². The molecule has 0 aromatic heterocycles. The minimum absolute atomic E-state index is 0.0116. The van der Waals surface area contributed by atoms with Crippen LogP contribution in [0.5, 0.6) is 11.5 Å². The Morgan fingerprint density at radius 1 is 1.06 bits per heavy atom. The summed E-state index contributed by atoms with van der Waals surface area (Å²) in [7, 11) is 1.59. The summed E-state index contributed by atoms with van der Waals surface area (Å²) < 4.78 is 16.2. The van der Waals surface area contributed by atoms with Crippen LogP contribution in [0.15, 0.2) is 42.5 Å². The number of rotatable bonds is 10. The number of morpholine rings is 1. The van der Waals surface area contributed by atoms with E-state index in [9.17, 15) is 9.59 Å². The molecule has 0 spiro atoms. The molecular formula is C24H30N2O5. The van der Waals surface area contributed by atoms with Crippen molar-refractivity contribution in [3.8, 4) is 11.5 Å². The Morgan fingerprint density at radius 2 is 1.81 bits per heavy atom. The molecule has 1 N–H and O–H groups in total. The van der Waals surface area contributed by atoms with Crippen LogP contribution in [-0.4, -0.2) is 58.3 Å². The summed E-state index contributed by atoms with van der Waals surface area (Å²) in [6, 6.07) is 13.2. The van der Waals surface area contributed by atoms with Crippen LogP contribution in [0.3, 0.4) is 0 Å². The Morgan fingerprint density at radius 3 is 2.48 bits per heavy atom. The van der Waals surface area contributed by atoms with Gasteiger partial charge in [0.2, 0.25) is 5.91 Å². The van der Waals surface area contributed by atoms with Crippen LogP contribution in [0, 0.1) is 0 Å². The largest absolute Gasteiger partial charge is 0.493 e. The maximum atomic E-state index is 12.4. The Labute approximate surface area is 183 Å². The van der Waals surface area contributed by atoms with Crippen LogP contribution in [0.2, 0.25) is 0 Å². The Kier molecular flexibility index (Phi) is 8.29. The number of ether oxygens (including phenoxy) is 3. The highest BCUT2D eigenvalue weighted by Gasteiger charge is 2.13. The summed E-state index contributed by atoms with van der Waals surface area (Å²) in [5.74, 6) is 1.06. The highest BCUT2D eigenvalue weighted by atomic mass is 16.5. The molecule has 1 aliphatic rings. The van der Waals surface area contributed by atoms with E-state index in [1.165, 1.54) is 0 Å². The molecule has 0 unspecified atom stereocenters. The van der Waals surface area contributed by atoms with E-state index in [0.29, 0.717) is 36.5 Å². The lowest BCUT2D eigenvalue weighted by atomic mass is 10.1. The molecule has 1 fully saturated rings. The molecule has 0 radical (unpaired) electrons. The highest BCUT2D eigenvalue weighted by Crippen LogP contribution is 2.28. The lowest BCUT2D eigenvalue weighted by Crippen LogP contribution is -2.36. The number of carbonyl (C=O) groups is 2. The molecule has 1 aliphatic heterocycles. The number of ketones is 1. The van der Waals surface area contributed by atoms with Gasteiger partial charge >= 0.3 is 0 Å². The monoisotopic (exact) mass is 426 g/mol. The van der Waals surface area contributed by atoms with Gasteiger partial charge in [-0.05, 0) is 55.3 Å². The van der Waals surface area contributed by atoms with E-state index >= 15 is 0 Å². The molecule has 1 heterocycles. The molecular weight excluding hydrogens is 396 g/mol. The molecule has 166 valence electrons. The van der Waals surface area contributed by atoms with Gasteiger partial charge in [-0.3, -0.25) is 9.59 Å². The van der Waals surface area contributed by atoms with E-state index in [1.807, 2.05) is 49.4 Å². The van der Waals surface area contributed by atoms with Crippen LogP contribution in [-0.2, 0) is 16.0 Å². The minimum Gasteiger partial charge on any atom is -0.493 e. The average Bonchev–Trinajstić information content (AvgIpc) is 2.82. The standard InChI is InChI=1S/C24H30N2O5/c1-3-31-22-10-4-18(16-23(22)29-2)5-11-24(28)25-17-21(27)19-6-8-20(9-7-19)26-12-14-30-15-13-26/h4,6-10,16H,3,5,11-15,17H2,1-2H3,(H,25,28). The van der Waals surface area contributed by atoms with E-state index < -0.39 is 0 Å². The molecule has 0 saturated carbocycles. The zero-order valence-corrected chi connectivity index (χ0v) is 18.2. The maximum Gasteiger partial charge on any atom is 0.220 e. The van der Waals surface area contributed by atoms with E-state index in [0.717, 1.165) is 37.6 Å². The number of Topliss-reactive ketones (excluding diaryl/α,β-unsaturated/α-hetero) is 1. The number of methoxy groups -OCH3 is 1. The molecule has 1 saturated heterocycles. The van der Waals surface area contributed by atoms with Crippen LogP contribution in [0.4, 0.5) is 5.69 Å². The lowest BCUT2D eigenvalue weighted by molar-refractivity contribution is -0.120. The van der Waals surface area contributed by atoms with Gasteiger partial charge in [-0.1, -0.05) is 6.07 Å². The molecule has 7 nitrogen and oxygen atoms in total. The highest BCUT2D eigenvalue weighted by molar-refractivity contribution is 5.99. The van der Waals surface area contributed by atoms with Gasteiger partial charge in [0.1, 0.15) is 0 Å². The molecule has 2 aromatic carbocycles. The molecule has 1 amide bonds. The van der Waals surface area contributed by atoms with Gasteiger partial charge in [0.25, 0.3) is 0 Å². The number of hydrogen-bond donors (Lipinski definition) is 1. The number of carbonyl (C=O) groups excluding carboxylic acids is 2. The third-order valence-corrected chi connectivity index (χ3v) is 5.18. The van der Waals surface area contributed by atoms with Crippen molar-refractivity contribution in [3.05, 3.63) is 53.6 Å². The third-order valence-electron chi connectivity index (χ3n) is 5.18. The Balaban J connectivity index is 1.45. The predicted octanol–water partition coefficient (Wildman–Crippen LogP) is 2.86. The van der Waals surface area contributed by atoms with Crippen LogP contribution in [0.25, 0.3) is 0 Å². The van der Waals surface area contributed by atoms with Crippen LogP contribution < -0.4 is 19.7 Å². The summed E-state index contributed by atoms with van der Waals surface area (Å²) >= 11 is 0. The molecule has 2 aromatic rings. The van der Waals surface area contributed by atoms with Crippen molar-refractivity contribution in [2.45, 2.75) is 19.8 Å². The minimum atomic E-state index is -0.161. The Hall–Kier alpha value is -3.06. The number of benzene rings is 2. The van der Waals surface area contributed by atoms with Crippen LogP contribution >= 0.6 is 0 Å². The van der Waals surface area contributed by atoms with Crippen molar-refractivity contribution < 1.29 is 23.8 Å². The van der Waals surface area contributed by atoms with E-state index in [1.54, 1.807) is 7.11 Å². The first-order chi connectivity index (χ1) is 15.1. The van der Waals surface area contributed by atoms with Gasteiger partial charge in [0.05, 0.1) is 33.5 Å². The van der Waals surface area contributed by atoms with Crippen molar-refractivity contribution >= 4 is 17.4 Å². The predicted molar refractivity (Wildman–Crippen MR) is 119 cm³/mol. The second kappa shape index (κ2) is 11.4. The van der Waals surface area contributed by atoms with E-state index in [4.69, 9.17) is 14.2 Å². The number of aryl methyl sites for hydroxylation is 1. The van der Waals surface area contributed by atoms with E-state index in [-0.39, 0.29) is 18.2 Å². The number of anilines is 1. The van der Waals surface area contributed by atoms with Gasteiger partial charge in [-0.2, -0.15) is 0 Å². The molecule has 7 heteroatoms. The van der Waals surface area contributed by atoms with Gasteiger partial charge in [0.15, 0.2) is 17.3 Å².